The average Bonchev–Trinajstić information content (AvgIpc) is 3.28. The van der Waals surface area contributed by atoms with Gasteiger partial charge in [0.25, 0.3) is 5.91 Å². The lowest BCUT2D eigenvalue weighted by Crippen LogP contribution is -2.26. The SMILES string of the molecule is COCCNC(=O)c1ccc(-c2coc3c(OC(C)c4c(Cl)ccc(F)c4Cl)c(N)ncc23)cc1. The number of benzene rings is 2. The third-order valence-electron chi connectivity index (χ3n) is 5.43. The van der Waals surface area contributed by atoms with Crippen LogP contribution in [0, 0.1) is 5.82 Å². The lowest BCUT2D eigenvalue weighted by molar-refractivity contribution is 0.0937. The van der Waals surface area contributed by atoms with Gasteiger partial charge >= 0.3 is 0 Å². The minimum Gasteiger partial charge on any atom is -0.478 e. The molecule has 1 unspecified atom stereocenters. The predicted octanol–water partition coefficient (Wildman–Crippen LogP) is 6.04. The predicted molar refractivity (Wildman–Crippen MR) is 134 cm³/mol. The van der Waals surface area contributed by atoms with E-state index < -0.39 is 11.9 Å². The smallest absolute Gasteiger partial charge is 0.251 e. The zero-order valence-corrected chi connectivity index (χ0v) is 20.4. The fourth-order valence-electron chi connectivity index (χ4n) is 3.64. The average molecular weight is 518 g/mol. The molecule has 4 aromatic rings. The first-order chi connectivity index (χ1) is 16.8. The highest BCUT2D eigenvalue weighted by atomic mass is 35.5. The van der Waals surface area contributed by atoms with E-state index in [0.717, 1.165) is 11.1 Å². The minimum atomic E-state index is -0.746. The Morgan fingerprint density at radius 3 is 2.69 bits per heavy atom. The Labute approximate surface area is 210 Å². The summed E-state index contributed by atoms with van der Waals surface area (Å²) < 4.78 is 30.8. The highest BCUT2D eigenvalue weighted by Gasteiger charge is 2.23. The third kappa shape index (κ3) is 5.05. The number of rotatable bonds is 8. The second-order valence-corrected chi connectivity index (χ2v) is 8.49. The van der Waals surface area contributed by atoms with Crippen molar-refractivity contribution in [2.24, 2.45) is 0 Å². The number of nitrogens with two attached hydrogens (primary N) is 1. The van der Waals surface area contributed by atoms with Gasteiger partial charge in [-0.1, -0.05) is 35.3 Å². The number of hydrogen-bond acceptors (Lipinski definition) is 6. The van der Waals surface area contributed by atoms with E-state index >= 15 is 0 Å². The molecular weight excluding hydrogens is 496 g/mol. The summed E-state index contributed by atoms with van der Waals surface area (Å²) in [6.07, 6.45) is 2.39. The molecule has 1 amide bonds. The number of furan rings is 1. The number of nitrogens with one attached hydrogen (secondary N) is 1. The number of anilines is 1. The zero-order chi connectivity index (χ0) is 25.1. The molecule has 0 aliphatic heterocycles. The van der Waals surface area contributed by atoms with Crippen molar-refractivity contribution in [3.05, 3.63) is 75.8 Å². The number of carbonyl (C=O) groups excluding carboxylic acids is 1. The van der Waals surface area contributed by atoms with Gasteiger partial charge in [0.1, 0.15) is 11.9 Å². The number of nitrogens with zero attached hydrogens (tertiary/aromatic N) is 1. The molecule has 0 radical (unpaired) electrons. The van der Waals surface area contributed by atoms with E-state index in [-0.39, 0.29) is 33.1 Å². The molecule has 0 fully saturated rings. The molecule has 35 heavy (non-hydrogen) atoms. The lowest BCUT2D eigenvalue weighted by atomic mass is 10.0. The first-order valence-corrected chi connectivity index (χ1v) is 11.4. The van der Waals surface area contributed by atoms with E-state index in [1.165, 1.54) is 12.1 Å². The maximum Gasteiger partial charge on any atom is 0.251 e. The van der Waals surface area contributed by atoms with E-state index in [4.69, 9.17) is 42.8 Å². The molecule has 0 saturated heterocycles. The maximum atomic E-state index is 14.0. The Morgan fingerprint density at radius 1 is 1.23 bits per heavy atom. The Morgan fingerprint density at radius 2 is 1.97 bits per heavy atom. The fourth-order valence-corrected chi connectivity index (χ4v) is 4.32. The van der Waals surface area contributed by atoms with Crippen molar-refractivity contribution in [1.29, 1.82) is 0 Å². The van der Waals surface area contributed by atoms with Crippen molar-refractivity contribution in [2.45, 2.75) is 13.0 Å². The van der Waals surface area contributed by atoms with Crippen LogP contribution in [0.2, 0.25) is 10.0 Å². The topological polar surface area (TPSA) is 99.6 Å². The summed E-state index contributed by atoms with van der Waals surface area (Å²) in [5.74, 6) is -0.523. The van der Waals surface area contributed by atoms with Crippen LogP contribution in [-0.4, -0.2) is 31.2 Å². The molecular formula is C25H22Cl2FN3O4. The summed E-state index contributed by atoms with van der Waals surface area (Å²) in [6.45, 7) is 2.52. The first kappa shape index (κ1) is 24.8. The monoisotopic (exact) mass is 517 g/mol. The number of fused-ring (bicyclic) bond motifs is 1. The first-order valence-electron chi connectivity index (χ1n) is 10.6. The molecule has 4 rings (SSSR count). The minimum absolute atomic E-state index is 0.0944. The van der Waals surface area contributed by atoms with Crippen LogP contribution < -0.4 is 15.8 Å². The Balaban J connectivity index is 1.63. The number of carbonyl (C=O) groups is 1. The van der Waals surface area contributed by atoms with Crippen molar-refractivity contribution in [1.82, 2.24) is 10.3 Å². The third-order valence-corrected chi connectivity index (χ3v) is 6.15. The zero-order valence-electron chi connectivity index (χ0n) is 18.9. The van der Waals surface area contributed by atoms with E-state index in [0.29, 0.717) is 29.7 Å². The molecule has 2 heterocycles. The summed E-state index contributed by atoms with van der Waals surface area (Å²) in [5.41, 5.74) is 8.79. The van der Waals surface area contributed by atoms with Crippen molar-refractivity contribution in [3.8, 4) is 16.9 Å². The maximum absolute atomic E-state index is 14.0. The molecule has 0 bridgehead atoms. The quantitative estimate of drug-likeness (QED) is 0.218. The number of pyridine rings is 1. The van der Waals surface area contributed by atoms with Gasteiger partial charge in [-0.05, 0) is 36.8 Å². The van der Waals surface area contributed by atoms with Gasteiger partial charge in [-0.2, -0.15) is 0 Å². The van der Waals surface area contributed by atoms with E-state index in [1.54, 1.807) is 50.8 Å². The van der Waals surface area contributed by atoms with Gasteiger partial charge in [-0.15, -0.1) is 0 Å². The molecule has 0 spiro atoms. The van der Waals surface area contributed by atoms with E-state index in [1.807, 2.05) is 0 Å². The van der Waals surface area contributed by atoms with Crippen LogP contribution >= 0.6 is 23.2 Å². The highest BCUT2D eigenvalue weighted by molar-refractivity contribution is 6.36. The molecule has 182 valence electrons. The summed E-state index contributed by atoms with van der Waals surface area (Å²) in [5, 5.41) is 3.55. The molecule has 0 aliphatic rings. The summed E-state index contributed by atoms with van der Waals surface area (Å²) in [7, 11) is 1.57. The second-order valence-electron chi connectivity index (χ2n) is 7.71. The van der Waals surface area contributed by atoms with Crippen molar-refractivity contribution < 1.29 is 23.1 Å². The lowest BCUT2D eigenvalue weighted by Gasteiger charge is -2.18. The number of hydrogen-bond donors (Lipinski definition) is 2. The molecule has 10 heteroatoms. The van der Waals surface area contributed by atoms with Crippen molar-refractivity contribution in [3.63, 3.8) is 0 Å². The van der Waals surface area contributed by atoms with Gasteiger partial charge in [0, 0.05) is 41.6 Å². The van der Waals surface area contributed by atoms with Crippen LogP contribution in [0.3, 0.4) is 0 Å². The summed E-state index contributed by atoms with van der Waals surface area (Å²) >= 11 is 12.4. The fraction of sp³-hybridized carbons (Fsp3) is 0.200. The van der Waals surface area contributed by atoms with Gasteiger partial charge < -0.3 is 24.9 Å². The van der Waals surface area contributed by atoms with Gasteiger partial charge in [0.05, 0.1) is 23.3 Å². The molecule has 3 N–H and O–H groups in total. The van der Waals surface area contributed by atoms with Gasteiger partial charge in [-0.25, -0.2) is 9.37 Å². The largest absolute Gasteiger partial charge is 0.478 e. The molecule has 2 aromatic heterocycles. The van der Waals surface area contributed by atoms with Crippen LogP contribution in [0.15, 0.2) is 53.3 Å². The second kappa shape index (κ2) is 10.5. The number of aromatic nitrogens is 1. The van der Waals surface area contributed by atoms with Crippen molar-refractivity contribution in [2.75, 3.05) is 26.0 Å². The Hall–Kier alpha value is -3.33. The Bertz CT molecular complexity index is 1380. The molecule has 7 nitrogen and oxygen atoms in total. The number of amides is 1. The van der Waals surface area contributed by atoms with Crippen molar-refractivity contribution >= 4 is 45.9 Å². The molecule has 0 saturated carbocycles. The van der Waals surface area contributed by atoms with Gasteiger partial charge in [0.2, 0.25) is 5.75 Å². The number of nitrogen functional groups attached to an aromatic ring is 1. The summed E-state index contributed by atoms with van der Waals surface area (Å²) in [6, 6.07) is 9.64. The van der Waals surface area contributed by atoms with Gasteiger partial charge in [0.15, 0.2) is 11.4 Å². The van der Waals surface area contributed by atoms with Crippen LogP contribution in [0.25, 0.3) is 22.1 Å². The molecule has 1 atom stereocenters. The molecule has 2 aromatic carbocycles. The number of methoxy groups -OCH3 is 1. The summed E-state index contributed by atoms with van der Waals surface area (Å²) in [4.78, 5) is 16.5. The number of ether oxygens (including phenoxy) is 2. The van der Waals surface area contributed by atoms with E-state index in [2.05, 4.69) is 10.3 Å². The van der Waals surface area contributed by atoms with Crippen LogP contribution in [0.4, 0.5) is 10.2 Å². The highest BCUT2D eigenvalue weighted by Crippen LogP contribution is 2.41. The Kier molecular flexibility index (Phi) is 7.45. The standard InChI is InChI=1S/C25H22Cl2FN3O4/c1-13(20-18(26)7-8-19(28)21(20)27)35-23-22-16(11-31-24(23)29)17(12-34-22)14-3-5-15(6-4-14)25(32)30-9-10-33-2/h3-8,11-13H,9-10H2,1-2H3,(H2,29,31)(H,30,32). The van der Waals surface area contributed by atoms with Gasteiger partial charge in [-0.3, -0.25) is 4.79 Å². The van der Waals surface area contributed by atoms with Crippen LogP contribution in [0.5, 0.6) is 5.75 Å². The normalized spacial score (nSPS) is 12.0. The van der Waals surface area contributed by atoms with Crippen LogP contribution in [0.1, 0.15) is 28.9 Å². The number of halogens is 3. The van der Waals surface area contributed by atoms with Crippen LogP contribution in [-0.2, 0) is 4.74 Å². The van der Waals surface area contributed by atoms with E-state index in [9.17, 15) is 9.18 Å². The molecule has 0 aliphatic carbocycles.